The molecule has 194 valence electrons. The van der Waals surface area contributed by atoms with Gasteiger partial charge in [-0.1, -0.05) is 18.2 Å². The van der Waals surface area contributed by atoms with Crippen molar-refractivity contribution in [1.29, 1.82) is 0 Å². The van der Waals surface area contributed by atoms with Crippen LogP contribution in [0.25, 0.3) is 11.3 Å². The molecule has 38 heavy (non-hydrogen) atoms. The van der Waals surface area contributed by atoms with E-state index in [0.717, 1.165) is 54.3 Å². The van der Waals surface area contributed by atoms with E-state index in [1.54, 1.807) is 37.6 Å². The Morgan fingerprint density at radius 3 is 2.58 bits per heavy atom. The molecule has 2 aromatic heterocycles. The van der Waals surface area contributed by atoms with Crippen molar-refractivity contribution in [3.8, 4) is 11.3 Å². The highest BCUT2D eigenvalue weighted by Crippen LogP contribution is 2.27. The number of hydrogen-bond acceptors (Lipinski definition) is 8. The number of aromatic nitrogens is 3. The average molecular weight is 510 g/mol. The van der Waals surface area contributed by atoms with Crippen molar-refractivity contribution in [2.24, 2.45) is 0 Å². The highest BCUT2D eigenvalue weighted by Gasteiger charge is 2.32. The van der Waals surface area contributed by atoms with Gasteiger partial charge in [0.05, 0.1) is 5.69 Å². The lowest BCUT2D eigenvalue weighted by atomic mass is 10.00. The number of amides is 1. The molecule has 3 heterocycles. The van der Waals surface area contributed by atoms with Gasteiger partial charge in [-0.3, -0.25) is 14.7 Å². The Balaban J connectivity index is 1.28. The summed E-state index contributed by atoms with van der Waals surface area (Å²) in [7, 11) is 0. The highest BCUT2D eigenvalue weighted by molar-refractivity contribution is 6.04. The van der Waals surface area contributed by atoms with E-state index in [4.69, 9.17) is 0 Å². The van der Waals surface area contributed by atoms with Crippen molar-refractivity contribution < 1.29 is 9.90 Å². The van der Waals surface area contributed by atoms with Gasteiger partial charge in [-0.25, -0.2) is 9.97 Å². The number of anilines is 3. The zero-order valence-electron chi connectivity index (χ0n) is 21.5. The van der Waals surface area contributed by atoms with E-state index in [-0.39, 0.29) is 5.91 Å². The van der Waals surface area contributed by atoms with E-state index in [9.17, 15) is 9.90 Å². The third kappa shape index (κ3) is 5.70. The first-order valence-electron chi connectivity index (χ1n) is 12.6. The molecule has 1 aliphatic heterocycles. The van der Waals surface area contributed by atoms with Crippen LogP contribution in [0.3, 0.4) is 0 Å². The Morgan fingerprint density at radius 1 is 1.05 bits per heavy atom. The van der Waals surface area contributed by atoms with E-state index in [0.29, 0.717) is 17.2 Å². The summed E-state index contributed by atoms with van der Waals surface area (Å²) in [6, 6.07) is 18.4. The van der Waals surface area contributed by atoms with Gasteiger partial charge in [0.2, 0.25) is 5.95 Å². The minimum absolute atomic E-state index is 0.233. The van der Waals surface area contributed by atoms with Gasteiger partial charge in [-0.05, 0) is 67.4 Å². The Labute approximate surface area is 222 Å². The van der Waals surface area contributed by atoms with Crippen LogP contribution in [0.15, 0.2) is 79.3 Å². The Morgan fingerprint density at radius 2 is 1.84 bits per heavy atom. The third-order valence-corrected chi connectivity index (χ3v) is 6.78. The molecule has 0 bridgehead atoms. The van der Waals surface area contributed by atoms with Crippen LogP contribution in [0.2, 0.25) is 0 Å². The summed E-state index contributed by atoms with van der Waals surface area (Å²) < 4.78 is 0. The summed E-state index contributed by atoms with van der Waals surface area (Å²) >= 11 is 0. The number of nitrogens with zero attached hydrogens (tertiary/aromatic N) is 4. The van der Waals surface area contributed by atoms with Crippen LogP contribution in [-0.4, -0.2) is 57.0 Å². The number of aryl methyl sites for hydroxylation is 1. The minimum atomic E-state index is -1.09. The Kier molecular flexibility index (Phi) is 7.41. The summed E-state index contributed by atoms with van der Waals surface area (Å²) in [5.74, 6) is 0.216. The molecule has 0 spiro atoms. The molecule has 0 saturated carbocycles. The van der Waals surface area contributed by atoms with Crippen LogP contribution in [0, 0.1) is 6.92 Å². The molecule has 2 aromatic carbocycles. The lowest BCUT2D eigenvalue weighted by molar-refractivity contribution is -0.105. The second kappa shape index (κ2) is 11.1. The number of pyridine rings is 1. The highest BCUT2D eigenvalue weighted by atomic mass is 16.3. The molecular formula is C29H31N7O2. The molecule has 9 nitrogen and oxygen atoms in total. The predicted molar refractivity (Wildman–Crippen MR) is 148 cm³/mol. The molecule has 1 fully saturated rings. The monoisotopic (exact) mass is 509 g/mol. The lowest BCUT2D eigenvalue weighted by Crippen LogP contribution is -2.53. The maximum atomic E-state index is 13.0. The molecule has 0 aliphatic carbocycles. The van der Waals surface area contributed by atoms with Crippen LogP contribution in [-0.2, 0) is 5.72 Å². The number of nitrogens with one attached hydrogen (secondary N) is 3. The van der Waals surface area contributed by atoms with Crippen LogP contribution in [0.5, 0.6) is 0 Å². The Hall–Kier alpha value is -4.18. The van der Waals surface area contributed by atoms with Gasteiger partial charge in [0.25, 0.3) is 5.91 Å². The van der Waals surface area contributed by atoms with E-state index < -0.39 is 5.72 Å². The van der Waals surface area contributed by atoms with Crippen molar-refractivity contribution in [3.05, 3.63) is 95.9 Å². The van der Waals surface area contributed by atoms with Gasteiger partial charge in [-0.2, -0.15) is 0 Å². The summed E-state index contributed by atoms with van der Waals surface area (Å²) in [4.78, 5) is 28.1. The fraction of sp³-hybridized carbons (Fsp3) is 0.241. The predicted octanol–water partition coefficient (Wildman–Crippen LogP) is 3.91. The normalized spacial score (nSPS) is 15.4. The van der Waals surface area contributed by atoms with Gasteiger partial charge in [0, 0.05) is 67.3 Å². The topological polar surface area (TPSA) is 115 Å². The van der Waals surface area contributed by atoms with Crippen molar-refractivity contribution in [2.45, 2.75) is 19.6 Å². The first-order chi connectivity index (χ1) is 18.4. The molecule has 1 aliphatic rings. The first kappa shape index (κ1) is 25.5. The van der Waals surface area contributed by atoms with Gasteiger partial charge >= 0.3 is 0 Å². The quantitative estimate of drug-likeness (QED) is 0.296. The van der Waals surface area contributed by atoms with Crippen LogP contribution < -0.4 is 16.0 Å². The number of rotatable bonds is 7. The number of hydrogen-bond donors (Lipinski definition) is 4. The number of piperazine rings is 1. The van der Waals surface area contributed by atoms with Gasteiger partial charge in [-0.15, -0.1) is 0 Å². The summed E-state index contributed by atoms with van der Waals surface area (Å²) in [6.07, 6.45) is 5.17. The second-order valence-electron chi connectivity index (χ2n) is 9.45. The molecule has 9 heteroatoms. The summed E-state index contributed by atoms with van der Waals surface area (Å²) in [6.45, 7) is 6.97. The number of carbonyl (C=O) groups is 1. The lowest BCUT2D eigenvalue weighted by Gasteiger charge is -2.40. The largest absolute Gasteiger partial charge is 0.372 e. The van der Waals surface area contributed by atoms with Gasteiger partial charge < -0.3 is 21.1 Å². The number of carbonyl (C=O) groups excluding carboxylic acids is 1. The standard InChI is InChI=1S/C29H31N7O2/c1-20-5-10-24(18-26(20)35-28-32-13-11-25(34-28)22-4-3-12-31-19-22)33-27(37)21-6-8-23(9-7-21)29(2,38)36-16-14-30-15-17-36/h3-13,18-19,30,38H,14-17H2,1-2H3,(H,33,37)(H,32,34,35). The summed E-state index contributed by atoms with van der Waals surface area (Å²) in [5, 5.41) is 20.6. The minimum Gasteiger partial charge on any atom is -0.372 e. The zero-order chi connectivity index (χ0) is 26.5. The van der Waals surface area contributed by atoms with E-state index in [1.807, 2.05) is 60.4 Å². The molecule has 1 saturated heterocycles. The number of benzene rings is 2. The molecule has 5 rings (SSSR count). The van der Waals surface area contributed by atoms with E-state index in [2.05, 4.69) is 30.9 Å². The molecule has 4 N–H and O–H groups in total. The third-order valence-electron chi connectivity index (χ3n) is 6.78. The van der Waals surface area contributed by atoms with Crippen molar-refractivity contribution >= 4 is 23.2 Å². The van der Waals surface area contributed by atoms with Crippen LogP contribution in [0.4, 0.5) is 17.3 Å². The summed E-state index contributed by atoms with van der Waals surface area (Å²) in [5.41, 5.74) is 4.24. The Bertz CT molecular complexity index is 1400. The van der Waals surface area contributed by atoms with E-state index in [1.165, 1.54) is 0 Å². The zero-order valence-corrected chi connectivity index (χ0v) is 21.5. The molecule has 4 aromatic rings. The molecular weight excluding hydrogens is 478 g/mol. The van der Waals surface area contributed by atoms with E-state index >= 15 is 0 Å². The second-order valence-corrected chi connectivity index (χ2v) is 9.45. The average Bonchev–Trinajstić information content (AvgIpc) is 2.96. The maximum absolute atomic E-state index is 13.0. The van der Waals surface area contributed by atoms with Crippen molar-refractivity contribution in [1.82, 2.24) is 25.2 Å². The van der Waals surface area contributed by atoms with Gasteiger partial charge in [0.15, 0.2) is 0 Å². The fourth-order valence-electron chi connectivity index (χ4n) is 4.47. The SMILES string of the molecule is Cc1ccc(NC(=O)c2ccc(C(C)(O)N3CCNCC3)cc2)cc1Nc1nccc(-c2cccnc2)n1. The van der Waals surface area contributed by atoms with Gasteiger partial charge in [0.1, 0.15) is 5.72 Å². The van der Waals surface area contributed by atoms with Crippen LogP contribution in [0.1, 0.15) is 28.4 Å². The molecule has 0 radical (unpaired) electrons. The first-order valence-corrected chi connectivity index (χ1v) is 12.6. The van der Waals surface area contributed by atoms with Crippen molar-refractivity contribution in [3.63, 3.8) is 0 Å². The smallest absolute Gasteiger partial charge is 0.255 e. The maximum Gasteiger partial charge on any atom is 0.255 e. The number of aliphatic hydroxyl groups is 1. The fourth-order valence-corrected chi connectivity index (χ4v) is 4.47. The molecule has 1 amide bonds. The van der Waals surface area contributed by atoms with Crippen LogP contribution >= 0.6 is 0 Å². The van der Waals surface area contributed by atoms with Crippen molar-refractivity contribution in [2.75, 3.05) is 36.8 Å². The molecule has 1 atom stereocenters. The molecule has 1 unspecified atom stereocenters.